The van der Waals surface area contributed by atoms with Gasteiger partial charge in [0.1, 0.15) is 19.1 Å². The Kier molecular flexibility index (Phi) is 6.22. The molecule has 1 aliphatic rings. The summed E-state index contributed by atoms with van der Waals surface area (Å²) in [6.07, 6.45) is 0. The molecule has 3 rings (SSSR count). The number of thiophene rings is 1. The van der Waals surface area contributed by atoms with E-state index in [1.54, 1.807) is 11.3 Å². The lowest BCUT2D eigenvalue weighted by Crippen LogP contribution is -3.15. The summed E-state index contributed by atoms with van der Waals surface area (Å²) in [4.78, 5) is 12.6. The topological polar surface area (TPSA) is 103 Å². The molecule has 0 aliphatic carbocycles. The van der Waals surface area contributed by atoms with Crippen LogP contribution in [-0.2, 0) is 14.8 Å². The number of hydrogen-bond donors (Lipinski definition) is 2. The highest BCUT2D eigenvalue weighted by Gasteiger charge is 2.34. The fourth-order valence-electron chi connectivity index (χ4n) is 3.34. The number of hydrogen-bond acceptors (Lipinski definition) is 6. The van der Waals surface area contributed by atoms with Crippen LogP contribution in [0, 0.1) is 10.1 Å². The quantitative estimate of drug-likeness (QED) is 0.521. The Morgan fingerprint density at radius 3 is 2.44 bits per heavy atom. The van der Waals surface area contributed by atoms with E-state index in [1.165, 1.54) is 29.2 Å². The molecule has 0 bridgehead atoms. The molecule has 1 aliphatic heterocycles. The Balaban J connectivity index is 1.81. The lowest BCUT2D eigenvalue weighted by atomic mass is 10.1. The van der Waals surface area contributed by atoms with E-state index in [4.69, 9.17) is 4.74 Å². The minimum absolute atomic E-state index is 0.0156. The van der Waals surface area contributed by atoms with Crippen molar-refractivity contribution >= 4 is 27.0 Å². The number of quaternary nitrogens is 1. The molecule has 10 heteroatoms. The summed E-state index contributed by atoms with van der Waals surface area (Å²) in [6.45, 7) is 4.78. The number of sulfonamides is 1. The van der Waals surface area contributed by atoms with Crippen molar-refractivity contribution in [2.75, 3.05) is 26.3 Å². The van der Waals surface area contributed by atoms with E-state index < -0.39 is 14.9 Å². The highest BCUT2D eigenvalue weighted by molar-refractivity contribution is 7.89. The van der Waals surface area contributed by atoms with Crippen LogP contribution in [0.5, 0.6) is 0 Å². The van der Waals surface area contributed by atoms with Gasteiger partial charge in [0, 0.05) is 12.1 Å². The van der Waals surface area contributed by atoms with E-state index in [9.17, 15) is 18.5 Å². The van der Waals surface area contributed by atoms with Gasteiger partial charge < -0.3 is 9.64 Å². The first-order chi connectivity index (χ1) is 12.9. The van der Waals surface area contributed by atoms with E-state index >= 15 is 0 Å². The zero-order valence-corrected chi connectivity index (χ0v) is 16.5. The first kappa shape index (κ1) is 19.9. The standard InChI is InChI=1S/C17H21N3O5S2/c1-13(17(16-3-2-12-26-16)19-8-10-25-11-9-19)18-27(23,24)15-6-4-14(5-7-15)20(21)22/h2-7,12-13,17-18H,8-11H2,1H3/p+1/t13-,17+/m1/s1. The number of rotatable bonds is 7. The van der Waals surface area contributed by atoms with Crippen molar-refractivity contribution in [3.05, 3.63) is 56.8 Å². The summed E-state index contributed by atoms with van der Waals surface area (Å²) in [5, 5.41) is 12.7. The highest BCUT2D eigenvalue weighted by Crippen LogP contribution is 2.22. The van der Waals surface area contributed by atoms with Gasteiger partial charge in [0.2, 0.25) is 10.0 Å². The molecule has 2 atom stereocenters. The third-order valence-corrected chi connectivity index (χ3v) is 7.15. The summed E-state index contributed by atoms with van der Waals surface area (Å²) < 4.78 is 33.7. The smallest absolute Gasteiger partial charge is 0.269 e. The van der Waals surface area contributed by atoms with Gasteiger partial charge in [-0.15, -0.1) is 11.3 Å². The van der Waals surface area contributed by atoms with E-state index in [1.807, 2.05) is 24.4 Å². The molecule has 0 amide bonds. The summed E-state index contributed by atoms with van der Waals surface area (Å²) in [5.74, 6) is 0. The number of nitro benzene ring substituents is 1. The number of ether oxygens (including phenoxy) is 1. The van der Waals surface area contributed by atoms with Gasteiger partial charge in [0.15, 0.2) is 0 Å². The van der Waals surface area contributed by atoms with Crippen LogP contribution in [0.1, 0.15) is 17.8 Å². The van der Waals surface area contributed by atoms with Crippen molar-refractivity contribution in [3.8, 4) is 0 Å². The molecular formula is C17H22N3O5S2+. The average molecular weight is 413 g/mol. The maximum atomic E-state index is 12.8. The van der Waals surface area contributed by atoms with Crippen LogP contribution in [0.15, 0.2) is 46.7 Å². The Hall–Kier alpha value is -1.85. The van der Waals surface area contributed by atoms with Crippen molar-refractivity contribution in [3.63, 3.8) is 0 Å². The largest absolute Gasteiger partial charge is 0.370 e. The lowest BCUT2D eigenvalue weighted by Gasteiger charge is -2.34. The average Bonchev–Trinajstić information content (AvgIpc) is 3.16. The molecule has 0 radical (unpaired) electrons. The van der Waals surface area contributed by atoms with Crippen molar-refractivity contribution in [2.45, 2.75) is 23.9 Å². The second-order valence-electron chi connectivity index (χ2n) is 6.42. The minimum Gasteiger partial charge on any atom is -0.370 e. The molecule has 1 aromatic carbocycles. The molecule has 0 saturated carbocycles. The Bertz CT molecular complexity index is 862. The maximum Gasteiger partial charge on any atom is 0.269 e. The maximum absolute atomic E-state index is 12.8. The molecule has 1 aromatic heterocycles. The van der Waals surface area contributed by atoms with Gasteiger partial charge in [-0.25, -0.2) is 13.1 Å². The lowest BCUT2D eigenvalue weighted by molar-refractivity contribution is -0.939. The molecule has 8 nitrogen and oxygen atoms in total. The Morgan fingerprint density at radius 2 is 1.89 bits per heavy atom. The van der Waals surface area contributed by atoms with E-state index in [-0.39, 0.29) is 22.7 Å². The summed E-state index contributed by atoms with van der Waals surface area (Å²) >= 11 is 1.61. The fraction of sp³-hybridized carbons (Fsp3) is 0.412. The van der Waals surface area contributed by atoms with Crippen LogP contribution in [0.25, 0.3) is 0 Å². The third kappa shape index (κ3) is 4.71. The van der Waals surface area contributed by atoms with Gasteiger partial charge in [-0.1, -0.05) is 6.07 Å². The zero-order valence-electron chi connectivity index (χ0n) is 14.8. The van der Waals surface area contributed by atoms with Crippen LogP contribution < -0.4 is 9.62 Å². The van der Waals surface area contributed by atoms with Crippen LogP contribution >= 0.6 is 11.3 Å². The van der Waals surface area contributed by atoms with Crippen molar-refractivity contribution < 1.29 is 23.0 Å². The van der Waals surface area contributed by atoms with Gasteiger partial charge in [-0.05, 0) is 30.5 Å². The number of nitrogens with zero attached hydrogens (tertiary/aromatic N) is 1. The first-order valence-corrected chi connectivity index (χ1v) is 11.0. The van der Waals surface area contributed by atoms with E-state index in [2.05, 4.69) is 4.72 Å². The molecule has 27 heavy (non-hydrogen) atoms. The van der Waals surface area contributed by atoms with Gasteiger partial charge in [-0.2, -0.15) is 0 Å². The first-order valence-electron chi connectivity index (χ1n) is 8.61. The number of nitro groups is 1. The van der Waals surface area contributed by atoms with Crippen molar-refractivity contribution in [1.29, 1.82) is 0 Å². The molecule has 1 fully saturated rings. The van der Waals surface area contributed by atoms with Crippen LogP contribution in [0.4, 0.5) is 5.69 Å². The third-order valence-electron chi connectivity index (χ3n) is 4.62. The normalized spacial score (nSPS) is 18.1. The molecule has 2 heterocycles. The number of benzene rings is 1. The summed E-state index contributed by atoms with van der Waals surface area (Å²) in [5.41, 5.74) is -0.142. The molecule has 0 unspecified atom stereocenters. The second-order valence-corrected chi connectivity index (χ2v) is 9.12. The number of morpholine rings is 1. The predicted octanol–water partition coefficient (Wildman–Crippen LogP) is 0.979. The molecule has 2 N–H and O–H groups in total. The Labute approximate surface area is 162 Å². The SMILES string of the molecule is C[C@@H](NS(=O)(=O)c1ccc([N+](=O)[O-])cc1)[C@@H](c1cccs1)[NH+]1CCOCC1. The monoisotopic (exact) mass is 412 g/mol. The van der Waals surface area contributed by atoms with E-state index in [0.717, 1.165) is 18.0 Å². The van der Waals surface area contributed by atoms with Crippen molar-refractivity contribution in [1.82, 2.24) is 4.72 Å². The predicted molar refractivity (Wildman–Crippen MR) is 101 cm³/mol. The second kappa shape index (κ2) is 8.44. The Morgan fingerprint density at radius 1 is 1.22 bits per heavy atom. The molecular weight excluding hydrogens is 390 g/mol. The fourth-order valence-corrected chi connectivity index (χ4v) is 5.59. The molecule has 1 saturated heterocycles. The van der Waals surface area contributed by atoms with Gasteiger partial charge in [0.25, 0.3) is 5.69 Å². The molecule has 0 spiro atoms. The minimum atomic E-state index is -3.79. The summed E-state index contributed by atoms with van der Waals surface area (Å²) in [7, 11) is -3.79. The van der Waals surface area contributed by atoms with Crippen LogP contribution in [0.2, 0.25) is 0 Å². The molecule has 2 aromatic rings. The zero-order chi connectivity index (χ0) is 19.4. The van der Waals surface area contributed by atoms with Gasteiger partial charge in [-0.3, -0.25) is 10.1 Å². The van der Waals surface area contributed by atoms with Crippen LogP contribution in [-0.4, -0.2) is 45.7 Å². The summed E-state index contributed by atoms with van der Waals surface area (Å²) in [6, 6.07) is 8.52. The van der Waals surface area contributed by atoms with Gasteiger partial charge >= 0.3 is 0 Å². The van der Waals surface area contributed by atoms with Crippen molar-refractivity contribution in [2.24, 2.45) is 0 Å². The highest BCUT2D eigenvalue weighted by atomic mass is 32.2. The van der Waals surface area contributed by atoms with Crippen LogP contribution in [0.3, 0.4) is 0 Å². The number of nitrogens with one attached hydrogen (secondary N) is 2. The van der Waals surface area contributed by atoms with E-state index in [0.29, 0.717) is 13.2 Å². The van der Waals surface area contributed by atoms with Gasteiger partial charge in [0.05, 0.1) is 34.0 Å². The molecule has 146 valence electrons. The number of non-ortho nitro benzene ring substituents is 1.